The average Bonchev–Trinajstić information content (AvgIpc) is 2.99. The molecule has 1 fully saturated rings. The van der Waals surface area contributed by atoms with E-state index in [2.05, 4.69) is 15.4 Å². The summed E-state index contributed by atoms with van der Waals surface area (Å²) in [6.45, 7) is 0. The van der Waals surface area contributed by atoms with Gasteiger partial charge in [-0.1, -0.05) is 6.07 Å². The zero-order chi connectivity index (χ0) is 18.3. The van der Waals surface area contributed by atoms with E-state index in [0.29, 0.717) is 16.8 Å². The van der Waals surface area contributed by atoms with Gasteiger partial charge in [0, 0.05) is 30.2 Å². The maximum Gasteiger partial charge on any atom is 0.249 e. The summed E-state index contributed by atoms with van der Waals surface area (Å²) in [4.78, 5) is 27.2. The molecule has 2 heterocycles. The average molecular weight is 349 g/mol. The van der Waals surface area contributed by atoms with Crippen LogP contribution in [0.4, 0.5) is 10.3 Å². The first-order valence-electron chi connectivity index (χ1n) is 7.92. The lowest BCUT2D eigenvalue weighted by Crippen LogP contribution is -2.34. The molecule has 0 spiro atoms. The summed E-state index contributed by atoms with van der Waals surface area (Å²) in [6, 6.07) is 9.40. The lowest BCUT2D eigenvalue weighted by molar-refractivity contribution is -0.135. The predicted molar refractivity (Wildman–Crippen MR) is 89.5 cm³/mol. The van der Waals surface area contributed by atoms with Gasteiger partial charge in [-0.2, -0.15) is 10.2 Å². The first-order valence-corrected chi connectivity index (χ1v) is 7.92. The molecule has 0 bridgehead atoms. The van der Waals surface area contributed by atoms with Crippen LogP contribution in [0, 0.1) is 23.1 Å². The summed E-state index contributed by atoms with van der Waals surface area (Å²) in [6.07, 6.45) is 2.16. The number of benzene rings is 1. The van der Waals surface area contributed by atoms with E-state index in [9.17, 15) is 19.2 Å². The molecule has 1 saturated carbocycles. The quantitative estimate of drug-likeness (QED) is 0.782. The highest BCUT2D eigenvalue weighted by molar-refractivity contribution is 6.01. The number of anilines is 1. The van der Waals surface area contributed by atoms with Crippen molar-refractivity contribution >= 4 is 23.3 Å². The molecule has 1 aromatic carbocycles. The number of halogens is 1. The Morgan fingerprint density at radius 1 is 1.31 bits per heavy atom. The second kappa shape index (κ2) is 6.04. The van der Waals surface area contributed by atoms with E-state index in [1.165, 1.54) is 22.7 Å². The predicted octanol–water partition coefficient (Wildman–Crippen LogP) is 2.32. The highest BCUT2D eigenvalue weighted by atomic mass is 19.1. The molecule has 1 N–H and O–H groups in total. The molecule has 7 nitrogen and oxygen atoms in total. The van der Waals surface area contributed by atoms with Gasteiger partial charge >= 0.3 is 0 Å². The molecule has 0 saturated heterocycles. The van der Waals surface area contributed by atoms with Gasteiger partial charge in [-0.15, -0.1) is 5.10 Å². The second-order valence-corrected chi connectivity index (χ2v) is 6.09. The Morgan fingerprint density at radius 3 is 2.85 bits per heavy atom. The number of nitriles is 1. The Labute approximate surface area is 147 Å². The van der Waals surface area contributed by atoms with Crippen molar-refractivity contribution in [1.82, 2.24) is 14.6 Å². The summed E-state index contributed by atoms with van der Waals surface area (Å²) in [5, 5.41) is 16.0. The largest absolute Gasteiger partial charge is 0.300 e. The second-order valence-electron chi connectivity index (χ2n) is 6.09. The van der Waals surface area contributed by atoms with Crippen molar-refractivity contribution in [3.8, 4) is 17.2 Å². The Bertz CT molecular complexity index is 1090. The number of Topliss-reactive ketones (excluding diaryl/α,β-unsaturated/α-hetero) is 1. The van der Waals surface area contributed by atoms with E-state index < -0.39 is 5.82 Å². The summed E-state index contributed by atoms with van der Waals surface area (Å²) < 4.78 is 14.8. The smallest absolute Gasteiger partial charge is 0.249 e. The van der Waals surface area contributed by atoms with Crippen LogP contribution in [0.2, 0.25) is 0 Å². The van der Waals surface area contributed by atoms with Crippen LogP contribution in [0.1, 0.15) is 18.4 Å². The maximum atomic E-state index is 13.3. The van der Waals surface area contributed by atoms with Crippen molar-refractivity contribution in [1.29, 1.82) is 5.26 Å². The third-order valence-corrected chi connectivity index (χ3v) is 4.30. The minimum atomic E-state index is -0.480. The highest BCUT2D eigenvalue weighted by Gasteiger charge is 2.33. The van der Waals surface area contributed by atoms with E-state index in [1.54, 1.807) is 18.3 Å². The number of ketones is 1. The molecule has 0 aliphatic heterocycles. The van der Waals surface area contributed by atoms with Crippen LogP contribution in [0.3, 0.4) is 0 Å². The minimum absolute atomic E-state index is 0.0744. The molecular formula is C18H12FN5O2. The van der Waals surface area contributed by atoms with E-state index in [1.807, 2.05) is 6.07 Å². The number of amides is 1. The fourth-order valence-electron chi connectivity index (χ4n) is 2.84. The van der Waals surface area contributed by atoms with Crippen LogP contribution in [-0.2, 0) is 9.59 Å². The summed E-state index contributed by atoms with van der Waals surface area (Å²) >= 11 is 0. The number of fused-ring (bicyclic) bond motifs is 1. The van der Waals surface area contributed by atoms with Gasteiger partial charge < -0.3 is 0 Å². The Balaban J connectivity index is 1.63. The molecule has 1 aliphatic carbocycles. The van der Waals surface area contributed by atoms with Gasteiger partial charge in [0.2, 0.25) is 11.9 Å². The Kier molecular flexibility index (Phi) is 3.69. The SMILES string of the molecule is N#Cc1cc(F)ccc1-c1ccc2nc(NC(=O)C3CC(=O)C3)nn2c1. The van der Waals surface area contributed by atoms with Gasteiger partial charge in [-0.05, 0) is 24.3 Å². The molecule has 8 heteroatoms. The van der Waals surface area contributed by atoms with Crippen LogP contribution in [0.5, 0.6) is 0 Å². The Hall–Kier alpha value is -3.60. The number of hydrogen-bond donors (Lipinski definition) is 1. The molecule has 4 rings (SSSR count). The van der Waals surface area contributed by atoms with E-state index in [0.717, 1.165) is 0 Å². The number of rotatable bonds is 3. The lowest BCUT2D eigenvalue weighted by atomic mass is 9.83. The normalized spacial score (nSPS) is 14.1. The van der Waals surface area contributed by atoms with Gasteiger partial charge in [0.05, 0.1) is 17.6 Å². The molecule has 26 heavy (non-hydrogen) atoms. The van der Waals surface area contributed by atoms with Crippen LogP contribution in [0.25, 0.3) is 16.8 Å². The van der Waals surface area contributed by atoms with Crippen molar-refractivity contribution in [3.05, 3.63) is 47.9 Å². The van der Waals surface area contributed by atoms with Gasteiger partial charge in [0.1, 0.15) is 11.6 Å². The van der Waals surface area contributed by atoms with Crippen LogP contribution < -0.4 is 5.32 Å². The summed E-state index contributed by atoms with van der Waals surface area (Å²) in [5.41, 5.74) is 1.97. The molecule has 2 aromatic heterocycles. The first kappa shape index (κ1) is 15.9. The van der Waals surface area contributed by atoms with Crippen LogP contribution in [-0.4, -0.2) is 26.3 Å². The molecule has 128 valence electrons. The molecule has 1 amide bonds. The number of carbonyl (C=O) groups is 2. The van der Waals surface area contributed by atoms with Crippen molar-refractivity contribution in [2.24, 2.45) is 5.92 Å². The highest BCUT2D eigenvalue weighted by Crippen LogP contribution is 2.26. The van der Waals surface area contributed by atoms with Gasteiger partial charge in [0.15, 0.2) is 5.65 Å². The van der Waals surface area contributed by atoms with Gasteiger partial charge in [-0.3, -0.25) is 14.9 Å². The van der Waals surface area contributed by atoms with Crippen LogP contribution in [0.15, 0.2) is 36.5 Å². The van der Waals surface area contributed by atoms with E-state index >= 15 is 0 Å². The van der Waals surface area contributed by atoms with Gasteiger partial charge in [0.25, 0.3) is 0 Å². The fourth-order valence-corrected chi connectivity index (χ4v) is 2.84. The molecule has 0 unspecified atom stereocenters. The molecule has 3 aromatic rings. The van der Waals surface area contributed by atoms with Crippen molar-refractivity contribution < 1.29 is 14.0 Å². The minimum Gasteiger partial charge on any atom is -0.300 e. The number of hydrogen-bond acceptors (Lipinski definition) is 5. The molecule has 0 radical (unpaired) electrons. The lowest BCUT2D eigenvalue weighted by Gasteiger charge is -2.21. The van der Waals surface area contributed by atoms with Crippen molar-refractivity contribution in [2.45, 2.75) is 12.8 Å². The summed E-state index contributed by atoms with van der Waals surface area (Å²) in [7, 11) is 0. The van der Waals surface area contributed by atoms with Crippen LogP contribution >= 0.6 is 0 Å². The number of nitrogens with one attached hydrogen (secondary N) is 1. The monoisotopic (exact) mass is 349 g/mol. The van der Waals surface area contributed by atoms with Crippen molar-refractivity contribution in [2.75, 3.05) is 5.32 Å². The Morgan fingerprint density at radius 2 is 2.12 bits per heavy atom. The van der Waals surface area contributed by atoms with E-state index in [4.69, 9.17) is 0 Å². The number of carbonyl (C=O) groups excluding carboxylic acids is 2. The number of aromatic nitrogens is 3. The first-order chi connectivity index (χ1) is 12.5. The zero-order valence-electron chi connectivity index (χ0n) is 13.4. The van der Waals surface area contributed by atoms with Gasteiger partial charge in [-0.25, -0.2) is 8.91 Å². The topological polar surface area (TPSA) is 100 Å². The molecular weight excluding hydrogens is 337 g/mol. The standard InChI is InChI=1S/C18H12FN5O2/c19-13-2-3-15(12(5-13)8-20)10-1-4-16-21-18(23-24(16)9-10)22-17(26)11-6-14(25)7-11/h1-5,9,11H,6-7H2,(H,22,23,26). The molecule has 1 aliphatic rings. The third kappa shape index (κ3) is 2.80. The summed E-state index contributed by atoms with van der Waals surface area (Å²) in [5.74, 6) is -0.851. The fraction of sp³-hybridized carbons (Fsp3) is 0.167. The number of nitrogens with zero attached hydrogens (tertiary/aromatic N) is 4. The molecule has 0 atom stereocenters. The maximum absolute atomic E-state index is 13.3. The van der Waals surface area contributed by atoms with Crippen molar-refractivity contribution in [3.63, 3.8) is 0 Å². The van der Waals surface area contributed by atoms with E-state index in [-0.39, 0.29) is 42.0 Å². The number of pyridine rings is 1. The zero-order valence-corrected chi connectivity index (χ0v) is 13.4. The third-order valence-electron chi connectivity index (χ3n) is 4.30.